The number of hydrogen-bond acceptors (Lipinski definition) is 7. The number of aliphatic imine (C=N–C) groups is 2. The molecule has 3 heterocycles. The maximum atomic E-state index is 14.8. The summed E-state index contributed by atoms with van der Waals surface area (Å²) in [4.78, 5) is 17.7. The van der Waals surface area contributed by atoms with Crippen LogP contribution in [0, 0.1) is 17.7 Å². The second-order valence-electron chi connectivity index (χ2n) is 10.3. The van der Waals surface area contributed by atoms with Crippen LogP contribution in [0.15, 0.2) is 52.4 Å². The van der Waals surface area contributed by atoms with Crippen LogP contribution in [0.25, 0.3) is 0 Å². The van der Waals surface area contributed by atoms with Crippen LogP contribution in [0.5, 0.6) is 0 Å². The minimum Gasteiger partial charge on any atom is -0.351 e. The molecule has 1 aromatic carbocycles. The van der Waals surface area contributed by atoms with Crippen molar-refractivity contribution in [2.24, 2.45) is 21.8 Å². The molecule has 4 rings (SSSR count). The molecule has 7 nitrogen and oxygen atoms in total. The third-order valence-electron chi connectivity index (χ3n) is 7.40. The van der Waals surface area contributed by atoms with Gasteiger partial charge in [-0.25, -0.2) is 13.8 Å². The maximum Gasteiger partial charge on any atom is 0.149 e. The van der Waals surface area contributed by atoms with Gasteiger partial charge in [0.1, 0.15) is 35.5 Å². The normalized spacial score (nSPS) is 20.7. The van der Waals surface area contributed by atoms with Gasteiger partial charge in [-0.1, -0.05) is 6.07 Å². The minimum atomic E-state index is -0.535. The highest BCUT2D eigenvalue weighted by Crippen LogP contribution is 2.31. The van der Waals surface area contributed by atoms with Gasteiger partial charge in [0.25, 0.3) is 0 Å². The quantitative estimate of drug-likeness (QED) is 0.318. The lowest BCUT2D eigenvalue weighted by Gasteiger charge is -2.19. The number of rotatable bonds is 12. The highest BCUT2D eigenvalue weighted by Gasteiger charge is 2.38. The first kappa shape index (κ1) is 28.0. The topological polar surface area (TPSA) is 68.2 Å². The van der Waals surface area contributed by atoms with Crippen molar-refractivity contribution in [2.45, 2.75) is 26.3 Å². The Morgan fingerprint density at radius 2 is 1.97 bits per heavy atom. The van der Waals surface area contributed by atoms with Crippen LogP contribution in [0.3, 0.4) is 0 Å². The molecular formula is C29H39F2N7. The average molecular weight is 524 g/mol. The molecule has 2 saturated heterocycles. The van der Waals surface area contributed by atoms with E-state index in [-0.39, 0.29) is 18.1 Å². The largest absolute Gasteiger partial charge is 0.351 e. The monoisotopic (exact) mass is 523 g/mol. The predicted molar refractivity (Wildman–Crippen MR) is 152 cm³/mol. The summed E-state index contributed by atoms with van der Waals surface area (Å²) >= 11 is 0. The molecule has 2 atom stereocenters. The number of aromatic nitrogens is 1. The van der Waals surface area contributed by atoms with Crippen LogP contribution < -0.4 is 10.6 Å². The van der Waals surface area contributed by atoms with Gasteiger partial charge in [-0.15, -0.1) is 0 Å². The van der Waals surface area contributed by atoms with Crippen LogP contribution >= 0.6 is 0 Å². The maximum absolute atomic E-state index is 14.8. The molecule has 0 bridgehead atoms. The van der Waals surface area contributed by atoms with Gasteiger partial charge in [-0.3, -0.25) is 14.9 Å². The summed E-state index contributed by atoms with van der Waals surface area (Å²) < 4.78 is 29.6. The second kappa shape index (κ2) is 13.2. The number of hydrogen-bond donors (Lipinski definition) is 2. The molecule has 0 spiro atoms. The molecule has 9 heteroatoms. The number of halogens is 2. The number of nitrogens with zero attached hydrogens (tertiary/aromatic N) is 5. The molecule has 0 saturated carbocycles. The molecule has 204 valence electrons. The molecule has 2 aliphatic heterocycles. The smallest absolute Gasteiger partial charge is 0.149 e. The van der Waals surface area contributed by atoms with Gasteiger partial charge in [0.2, 0.25) is 0 Å². The van der Waals surface area contributed by atoms with Gasteiger partial charge >= 0.3 is 0 Å². The number of aryl methyl sites for hydroxylation is 1. The van der Waals surface area contributed by atoms with Crippen molar-refractivity contribution in [3.63, 3.8) is 0 Å². The van der Waals surface area contributed by atoms with Crippen molar-refractivity contribution in [1.29, 1.82) is 0 Å². The number of fused-ring (bicyclic) bond motifs is 1. The van der Waals surface area contributed by atoms with E-state index in [1.807, 2.05) is 19.3 Å². The predicted octanol–water partition coefficient (Wildman–Crippen LogP) is 4.43. The molecule has 0 radical (unpaired) electrons. The third-order valence-corrected chi connectivity index (χ3v) is 7.40. The van der Waals surface area contributed by atoms with Crippen molar-refractivity contribution in [3.8, 4) is 0 Å². The van der Waals surface area contributed by atoms with E-state index in [2.05, 4.69) is 55.2 Å². The molecule has 2 aliphatic rings. The zero-order valence-electron chi connectivity index (χ0n) is 22.7. The summed E-state index contributed by atoms with van der Waals surface area (Å²) in [5.74, 6) is 1.16. The van der Waals surface area contributed by atoms with E-state index < -0.39 is 11.6 Å². The number of benzene rings is 1. The standard InChI is InChI=1S/C29H39F2N7/c1-5-25(30)29(22-11-21(7-6-10-32-2)28(33-3)26(31)12-22)36-19-35-27-9-8-20(13-34-27)14-38-17-23-15-37(4)16-24(23)18-38/h5,8-9,11-13,23-24,32H,3,6-7,10,14-19H2,1-2,4H3,(H,34,35)/b25-5+,36-29?. The molecule has 1 aromatic heterocycles. The van der Waals surface area contributed by atoms with E-state index in [1.165, 1.54) is 30.8 Å². The van der Waals surface area contributed by atoms with Crippen molar-refractivity contribution < 1.29 is 8.78 Å². The summed E-state index contributed by atoms with van der Waals surface area (Å²) in [6, 6.07) is 7.01. The first-order valence-electron chi connectivity index (χ1n) is 13.3. The Morgan fingerprint density at radius 1 is 1.21 bits per heavy atom. The lowest BCUT2D eigenvalue weighted by atomic mass is 10.00. The summed E-state index contributed by atoms with van der Waals surface area (Å²) in [7, 11) is 4.07. The van der Waals surface area contributed by atoms with E-state index in [1.54, 1.807) is 13.0 Å². The molecule has 2 aromatic rings. The fourth-order valence-corrected chi connectivity index (χ4v) is 5.59. The summed E-state index contributed by atoms with van der Waals surface area (Å²) in [5, 5.41) is 6.21. The SMILES string of the molecule is C=Nc1c(F)cc(C(=NCNc2ccc(CN3CC4CN(C)CC4C3)cn2)/C(F)=C\C)cc1CCCNC. The van der Waals surface area contributed by atoms with Crippen molar-refractivity contribution in [2.75, 3.05) is 58.8 Å². The Kier molecular flexibility index (Phi) is 9.71. The van der Waals surface area contributed by atoms with Crippen LogP contribution in [-0.2, 0) is 13.0 Å². The number of anilines is 1. The number of nitrogens with one attached hydrogen (secondary N) is 2. The molecule has 2 fully saturated rings. The Morgan fingerprint density at radius 3 is 2.61 bits per heavy atom. The van der Waals surface area contributed by atoms with Crippen molar-refractivity contribution in [1.82, 2.24) is 20.1 Å². The van der Waals surface area contributed by atoms with Crippen LogP contribution in [0.4, 0.5) is 20.3 Å². The van der Waals surface area contributed by atoms with Gasteiger partial charge in [-0.05, 0) is 94.4 Å². The van der Waals surface area contributed by atoms with Gasteiger partial charge in [0, 0.05) is 44.5 Å². The van der Waals surface area contributed by atoms with Crippen molar-refractivity contribution >= 4 is 23.9 Å². The third kappa shape index (κ3) is 6.89. The number of pyridine rings is 1. The summed E-state index contributed by atoms with van der Waals surface area (Å²) in [5.41, 5.74) is 2.52. The number of allylic oxidation sites excluding steroid dienone is 2. The first-order valence-corrected chi connectivity index (χ1v) is 13.3. The highest BCUT2D eigenvalue weighted by molar-refractivity contribution is 6.11. The second-order valence-corrected chi connectivity index (χ2v) is 10.3. The molecular weight excluding hydrogens is 484 g/mol. The van der Waals surface area contributed by atoms with Crippen LogP contribution in [-0.4, -0.2) is 80.7 Å². The minimum absolute atomic E-state index is 0.0891. The van der Waals surface area contributed by atoms with E-state index >= 15 is 0 Å². The zero-order valence-corrected chi connectivity index (χ0v) is 22.7. The lowest BCUT2D eigenvalue weighted by molar-refractivity contribution is 0.272. The van der Waals surface area contributed by atoms with Gasteiger partial charge < -0.3 is 15.5 Å². The fraction of sp³-hybridized carbons (Fsp3) is 0.483. The zero-order chi connectivity index (χ0) is 27.1. The van der Waals surface area contributed by atoms with E-state index in [0.29, 0.717) is 23.4 Å². The number of likely N-dealkylation sites (tertiary alicyclic amines) is 2. The van der Waals surface area contributed by atoms with Crippen LogP contribution in [0.2, 0.25) is 0 Å². The van der Waals surface area contributed by atoms with E-state index in [0.717, 1.165) is 44.4 Å². The fourth-order valence-electron chi connectivity index (χ4n) is 5.59. The van der Waals surface area contributed by atoms with Gasteiger partial charge in [-0.2, -0.15) is 0 Å². The molecule has 2 N–H and O–H groups in total. The molecule has 2 unspecified atom stereocenters. The van der Waals surface area contributed by atoms with E-state index in [4.69, 9.17) is 0 Å². The molecule has 0 amide bonds. The molecule has 38 heavy (non-hydrogen) atoms. The summed E-state index contributed by atoms with van der Waals surface area (Å²) in [6.07, 6.45) is 4.59. The Bertz CT molecular complexity index is 1150. The lowest BCUT2D eigenvalue weighted by Crippen LogP contribution is -2.26. The first-order chi connectivity index (χ1) is 18.4. The van der Waals surface area contributed by atoms with E-state index in [9.17, 15) is 8.78 Å². The van der Waals surface area contributed by atoms with Gasteiger partial charge in [0.05, 0.1) is 0 Å². The van der Waals surface area contributed by atoms with Crippen molar-refractivity contribution in [3.05, 3.63) is 64.9 Å². The Labute approximate surface area is 224 Å². The Balaban J connectivity index is 1.40. The average Bonchev–Trinajstić information content (AvgIpc) is 3.43. The molecule has 0 aliphatic carbocycles. The summed E-state index contributed by atoms with van der Waals surface area (Å²) in [6.45, 7) is 11.5. The Hall–Kier alpha value is -3.01. The highest BCUT2D eigenvalue weighted by atomic mass is 19.1. The van der Waals surface area contributed by atoms with Crippen LogP contribution in [0.1, 0.15) is 30.0 Å². The van der Waals surface area contributed by atoms with Gasteiger partial charge in [0.15, 0.2) is 0 Å².